The summed E-state index contributed by atoms with van der Waals surface area (Å²) < 4.78 is 16.0. The molecular formula is C17H18N4O3S. The SMILES string of the molecule is CCn1c(=NC(=O)c2cc(C)n(C)n2)sc2cc3c(cc21)OCCO3. The third-order valence-electron chi connectivity index (χ3n) is 4.19. The summed E-state index contributed by atoms with van der Waals surface area (Å²) in [5, 5.41) is 4.21. The molecule has 130 valence electrons. The van der Waals surface area contributed by atoms with E-state index in [1.165, 1.54) is 11.3 Å². The standard InChI is InChI=1S/C17H18N4O3S/c1-4-21-12-8-13-14(24-6-5-23-13)9-15(12)25-17(21)18-16(22)11-7-10(2)20(3)19-11/h7-9H,4-6H2,1-3H3. The fourth-order valence-corrected chi connectivity index (χ4v) is 3.91. The third kappa shape index (κ3) is 2.72. The van der Waals surface area contributed by atoms with E-state index in [0.29, 0.717) is 30.3 Å². The molecule has 4 rings (SSSR count). The monoisotopic (exact) mass is 358 g/mol. The molecule has 0 spiro atoms. The van der Waals surface area contributed by atoms with E-state index in [1.807, 2.05) is 37.6 Å². The average molecular weight is 358 g/mol. The highest BCUT2D eigenvalue weighted by molar-refractivity contribution is 7.16. The van der Waals surface area contributed by atoms with Gasteiger partial charge < -0.3 is 14.0 Å². The number of amides is 1. The fourth-order valence-electron chi connectivity index (χ4n) is 2.81. The molecule has 0 radical (unpaired) electrons. The second kappa shape index (κ2) is 6.03. The van der Waals surface area contributed by atoms with Gasteiger partial charge in [-0.3, -0.25) is 9.48 Å². The Hall–Kier alpha value is -2.61. The Bertz CT molecular complexity index is 1020. The molecule has 1 aromatic carbocycles. The smallest absolute Gasteiger partial charge is 0.300 e. The van der Waals surface area contributed by atoms with Gasteiger partial charge in [-0.05, 0) is 19.9 Å². The number of hydrogen-bond acceptors (Lipinski definition) is 5. The van der Waals surface area contributed by atoms with Crippen LogP contribution in [0, 0.1) is 6.92 Å². The first-order chi connectivity index (χ1) is 12.1. The number of carbonyl (C=O) groups is 1. The average Bonchev–Trinajstić information content (AvgIpc) is 3.11. The molecule has 0 N–H and O–H groups in total. The van der Waals surface area contributed by atoms with Crippen LogP contribution in [0.15, 0.2) is 23.2 Å². The van der Waals surface area contributed by atoms with Crippen molar-refractivity contribution in [2.45, 2.75) is 20.4 Å². The van der Waals surface area contributed by atoms with Crippen LogP contribution in [0.3, 0.4) is 0 Å². The predicted molar refractivity (Wildman–Crippen MR) is 94.3 cm³/mol. The number of hydrogen-bond donors (Lipinski definition) is 0. The van der Waals surface area contributed by atoms with E-state index >= 15 is 0 Å². The van der Waals surface area contributed by atoms with Gasteiger partial charge in [0.05, 0.1) is 10.2 Å². The number of rotatable bonds is 2. The van der Waals surface area contributed by atoms with Crippen LogP contribution in [0.4, 0.5) is 0 Å². The van der Waals surface area contributed by atoms with Gasteiger partial charge in [-0.1, -0.05) is 11.3 Å². The van der Waals surface area contributed by atoms with Crippen LogP contribution in [-0.2, 0) is 13.6 Å². The molecule has 1 aliphatic heterocycles. The minimum absolute atomic E-state index is 0.338. The van der Waals surface area contributed by atoms with Crippen molar-refractivity contribution in [3.8, 4) is 11.5 Å². The summed E-state index contributed by atoms with van der Waals surface area (Å²) in [6, 6.07) is 5.66. The molecule has 3 aromatic rings. The molecule has 1 amide bonds. The molecule has 0 fully saturated rings. The number of aromatic nitrogens is 3. The second-order valence-electron chi connectivity index (χ2n) is 5.80. The highest BCUT2D eigenvalue weighted by Crippen LogP contribution is 2.35. The van der Waals surface area contributed by atoms with E-state index in [-0.39, 0.29) is 5.91 Å². The lowest BCUT2D eigenvalue weighted by Gasteiger charge is -2.18. The fraction of sp³-hybridized carbons (Fsp3) is 0.353. The molecule has 0 bridgehead atoms. The zero-order chi connectivity index (χ0) is 17.6. The van der Waals surface area contributed by atoms with Gasteiger partial charge in [0.15, 0.2) is 22.0 Å². The Balaban J connectivity index is 1.84. The summed E-state index contributed by atoms with van der Waals surface area (Å²) >= 11 is 1.46. The lowest BCUT2D eigenvalue weighted by atomic mass is 10.2. The second-order valence-corrected chi connectivity index (χ2v) is 6.81. The van der Waals surface area contributed by atoms with Crippen molar-refractivity contribution in [1.82, 2.24) is 14.3 Å². The number of carbonyl (C=O) groups excluding carboxylic acids is 1. The maximum absolute atomic E-state index is 12.5. The zero-order valence-electron chi connectivity index (χ0n) is 14.3. The minimum atomic E-state index is -0.338. The number of ether oxygens (including phenoxy) is 2. The van der Waals surface area contributed by atoms with Crippen LogP contribution in [0.1, 0.15) is 23.1 Å². The molecule has 0 saturated carbocycles. The van der Waals surface area contributed by atoms with Crippen LogP contribution in [-0.4, -0.2) is 33.5 Å². The predicted octanol–water partition coefficient (Wildman–Crippen LogP) is 2.28. The summed E-state index contributed by atoms with van der Waals surface area (Å²) in [5.74, 6) is 1.13. The van der Waals surface area contributed by atoms with E-state index in [4.69, 9.17) is 9.47 Å². The number of fused-ring (bicyclic) bond motifs is 2. The number of nitrogens with zero attached hydrogens (tertiary/aromatic N) is 4. The molecule has 0 saturated heterocycles. The van der Waals surface area contributed by atoms with Crippen molar-refractivity contribution in [2.24, 2.45) is 12.0 Å². The topological polar surface area (TPSA) is 70.6 Å². The summed E-state index contributed by atoms with van der Waals surface area (Å²) in [4.78, 5) is 17.4. The summed E-state index contributed by atoms with van der Waals surface area (Å²) in [6.45, 7) is 5.72. The quantitative estimate of drug-likeness (QED) is 0.705. The van der Waals surface area contributed by atoms with Crippen molar-refractivity contribution in [3.05, 3.63) is 34.4 Å². The molecule has 0 aliphatic carbocycles. The molecule has 3 heterocycles. The van der Waals surface area contributed by atoms with E-state index in [0.717, 1.165) is 27.4 Å². The molecular weight excluding hydrogens is 340 g/mol. The van der Waals surface area contributed by atoms with Crippen LogP contribution >= 0.6 is 11.3 Å². The number of aryl methyl sites for hydroxylation is 3. The molecule has 0 atom stereocenters. The highest BCUT2D eigenvalue weighted by atomic mass is 32.1. The molecule has 0 unspecified atom stereocenters. The van der Waals surface area contributed by atoms with Crippen LogP contribution in [0.5, 0.6) is 11.5 Å². The largest absolute Gasteiger partial charge is 0.486 e. The van der Waals surface area contributed by atoms with Gasteiger partial charge in [0.2, 0.25) is 0 Å². The van der Waals surface area contributed by atoms with Crippen molar-refractivity contribution >= 4 is 27.5 Å². The van der Waals surface area contributed by atoms with Gasteiger partial charge in [-0.15, -0.1) is 0 Å². The lowest BCUT2D eigenvalue weighted by Crippen LogP contribution is -2.17. The lowest BCUT2D eigenvalue weighted by molar-refractivity contribution is 0.0992. The van der Waals surface area contributed by atoms with Crippen molar-refractivity contribution in [3.63, 3.8) is 0 Å². The van der Waals surface area contributed by atoms with Crippen LogP contribution in [0.2, 0.25) is 0 Å². The van der Waals surface area contributed by atoms with Gasteiger partial charge in [-0.25, -0.2) is 0 Å². The third-order valence-corrected chi connectivity index (χ3v) is 5.23. The summed E-state index contributed by atoms with van der Waals surface area (Å²) in [6.07, 6.45) is 0. The summed E-state index contributed by atoms with van der Waals surface area (Å²) in [5.41, 5.74) is 2.26. The molecule has 1 aliphatic rings. The Morgan fingerprint density at radius 3 is 2.64 bits per heavy atom. The van der Waals surface area contributed by atoms with Gasteiger partial charge in [0, 0.05) is 31.4 Å². The maximum Gasteiger partial charge on any atom is 0.300 e. The molecule has 7 nitrogen and oxygen atoms in total. The first kappa shape index (κ1) is 15.9. The molecule has 2 aromatic heterocycles. The zero-order valence-corrected chi connectivity index (χ0v) is 15.1. The van der Waals surface area contributed by atoms with Crippen LogP contribution < -0.4 is 14.3 Å². The van der Waals surface area contributed by atoms with Gasteiger partial charge in [-0.2, -0.15) is 10.1 Å². The Labute approximate surface area is 148 Å². The van der Waals surface area contributed by atoms with Crippen molar-refractivity contribution < 1.29 is 14.3 Å². The first-order valence-corrected chi connectivity index (χ1v) is 8.91. The van der Waals surface area contributed by atoms with Gasteiger partial charge in [0.1, 0.15) is 13.2 Å². The Kier molecular flexibility index (Phi) is 3.84. The Morgan fingerprint density at radius 1 is 1.28 bits per heavy atom. The van der Waals surface area contributed by atoms with E-state index in [1.54, 1.807) is 10.7 Å². The van der Waals surface area contributed by atoms with Crippen molar-refractivity contribution in [2.75, 3.05) is 13.2 Å². The Morgan fingerprint density at radius 2 is 2.00 bits per heavy atom. The summed E-state index contributed by atoms with van der Waals surface area (Å²) in [7, 11) is 1.81. The van der Waals surface area contributed by atoms with Crippen LogP contribution in [0.25, 0.3) is 10.2 Å². The van der Waals surface area contributed by atoms with E-state index in [2.05, 4.69) is 10.1 Å². The number of benzene rings is 1. The molecule has 25 heavy (non-hydrogen) atoms. The number of thiazole rings is 1. The molecule has 8 heteroatoms. The normalized spacial score (nSPS) is 14.3. The van der Waals surface area contributed by atoms with Crippen molar-refractivity contribution in [1.29, 1.82) is 0 Å². The maximum atomic E-state index is 12.5. The minimum Gasteiger partial charge on any atom is -0.486 e. The first-order valence-electron chi connectivity index (χ1n) is 8.09. The highest BCUT2D eigenvalue weighted by Gasteiger charge is 2.17. The van der Waals surface area contributed by atoms with E-state index < -0.39 is 0 Å². The van der Waals surface area contributed by atoms with E-state index in [9.17, 15) is 4.79 Å². The van der Waals surface area contributed by atoms with Gasteiger partial charge >= 0.3 is 0 Å². The van der Waals surface area contributed by atoms with Gasteiger partial charge in [0.25, 0.3) is 5.91 Å².